The number of halogens is 3. The van der Waals surface area contributed by atoms with Gasteiger partial charge >= 0.3 is 12.1 Å². The molecule has 1 heterocycles. The lowest BCUT2D eigenvalue weighted by atomic mass is 9.79. The van der Waals surface area contributed by atoms with Gasteiger partial charge in [-0.05, 0) is 70.7 Å². The van der Waals surface area contributed by atoms with Crippen LogP contribution >= 0.6 is 0 Å². The Balaban J connectivity index is 1.50. The first-order chi connectivity index (χ1) is 19.8. The lowest BCUT2D eigenvalue weighted by molar-refractivity contribution is -0.285. The zero-order valence-corrected chi connectivity index (χ0v) is 24.8. The average Bonchev–Trinajstić information content (AvgIpc) is 2.95. The molecule has 0 bridgehead atoms. The molecule has 0 aromatic heterocycles. The summed E-state index contributed by atoms with van der Waals surface area (Å²) < 4.78 is 48.7. The molecule has 1 aliphatic heterocycles. The van der Waals surface area contributed by atoms with E-state index >= 15 is 0 Å². The number of nitrogens with zero attached hydrogens (tertiary/aromatic N) is 2. The number of aliphatic carboxylic acids is 1. The lowest BCUT2D eigenvalue weighted by Gasteiger charge is -2.49. The van der Waals surface area contributed by atoms with Crippen LogP contribution in [0.3, 0.4) is 0 Å². The van der Waals surface area contributed by atoms with Crippen LogP contribution in [-0.4, -0.2) is 78.3 Å². The first-order valence-electron chi connectivity index (χ1n) is 14.6. The first kappa shape index (κ1) is 32.0. The average molecular weight is 590 g/mol. The molecule has 2 aromatic rings. The molecule has 2 aliphatic rings. The molecular formula is C32H42F3N3O4. The van der Waals surface area contributed by atoms with Gasteiger partial charge in [-0.3, -0.25) is 14.6 Å². The van der Waals surface area contributed by atoms with Gasteiger partial charge in [-0.2, -0.15) is 13.2 Å². The third kappa shape index (κ3) is 6.07. The minimum atomic E-state index is -5.15. The minimum Gasteiger partial charge on any atom is -0.479 e. The Labute approximate surface area is 246 Å². The van der Waals surface area contributed by atoms with Gasteiger partial charge in [0.25, 0.3) is 5.60 Å². The summed E-state index contributed by atoms with van der Waals surface area (Å²) in [7, 11) is 3.81. The summed E-state index contributed by atoms with van der Waals surface area (Å²) in [4.78, 5) is 30.2. The number of carboxylic acids is 1. The second kappa shape index (κ2) is 12.7. The minimum absolute atomic E-state index is 0.0592. The van der Waals surface area contributed by atoms with Crippen molar-refractivity contribution in [1.29, 1.82) is 0 Å². The monoisotopic (exact) mass is 589 g/mol. The van der Waals surface area contributed by atoms with Gasteiger partial charge in [0.2, 0.25) is 5.91 Å². The van der Waals surface area contributed by atoms with Crippen LogP contribution in [0.4, 0.5) is 18.9 Å². The summed E-state index contributed by atoms with van der Waals surface area (Å²) in [6.07, 6.45) is -0.811. The van der Waals surface area contributed by atoms with Gasteiger partial charge in [0.05, 0.1) is 6.61 Å². The maximum absolute atomic E-state index is 14.4. The molecule has 1 amide bonds. The molecule has 0 radical (unpaired) electrons. The van der Waals surface area contributed by atoms with E-state index in [2.05, 4.69) is 10.2 Å². The zero-order valence-electron chi connectivity index (χ0n) is 24.8. The van der Waals surface area contributed by atoms with E-state index in [4.69, 9.17) is 4.74 Å². The third-order valence-corrected chi connectivity index (χ3v) is 9.36. The normalized spacial score (nSPS) is 22.9. The molecule has 4 rings (SSSR count). The Morgan fingerprint density at radius 3 is 2.14 bits per heavy atom. The lowest BCUT2D eigenvalue weighted by Crippen LogP contribution is -2.61. The number of likely N-dealkylation sites (N-methyl/N-ethyl adjacent to an activating group) is 1. The Morgan fingerprint density at radius 2 is 1.60 bits per heavy atom. The molecule has 10 heteroatoms. The summed E-state index contributed by atoms with van der Waals surface area (Å²) in [5.41, 5.74) is -1.81. The standard InChI is InChI=1S/C32H42F3N3O4/c1-22-11-10-12-23(2)27(22)36-28(39)30(37(3)4)17-19-38(20-18-30)26-16-9-8-13-24(26)21-42-31(29(40)41,32(33,34)35)25-14-6-5-7-15-25/h5-7,10-12,14-15,24,26H,8-9,13,16-21H2,1-4H3,(H,36,39)(H,40,41). The van der Waals surface area contributed by atoms with Crippen LogP contribution in [0, 0.1) is 19.8 Å². The number of likely N-dealkylation sites (tertiary alicyclic amines) is 1. The number of hydrogen-bond acceptors (Lipinski definition) is 5. The molecule has 0 spiro atoms. The quantitative estimate of drug-likeness (QED) is 0.388. The van der Waals surface area contributed by atoms with Gasteiger partial charge in [0, 0.05) is 30.4 Å². The number of para-hydroxylation sites is 1. The van der Waals surface area contributed by atoms with Crippen molar-refractivity contribution in [3.05, 3.63) is 65.2 Å². The number of rotatable bonds is 9. The van der Waals surface area contributed by atoms with Crippen LogP contribution in [0.1, 0.15) is 55.2 Å². The van der Waals surface area contributed by atoms with Gasteiger partial charge in [0.15, 0.2) is 0 Å². The number of nitrogens with one attached hydrogen (secondary N) is 1. The Hall–Kier alpha value is -2.95. The van der Waals surface area contributed by atoms with Gasteiger partial charge < -0.3 is 15.2 Å². The van der Waals surface area contributed by atoms with Crippen LogP contribution in [0.25, 0.3) is 0 Å². The molecule has 3 atom stereocenters. The summed E-state index contributed by atoms with van der Waals surface area (Å²) in [6.45, 7) is 4.81. The predicted octanol–water partition coefficient (Wildman–Crippen LogP) is 5.76. The molecule has 7 nitrogen and oxygen atoms in total. The Morgan fingerprint density at radius 1 is 1.00 bits per heavy atom. The van der Waals surface area contributed by atoms with E-state index in [1.807, 2.05) is 51.0 Å². The van der Waals surface area contributed by atoms with Crippen molar-refractivity contribution < 1.29 is 32.6 Å². The van der Waals surface area contributed by atoms with Crippen LogP contribution in [0.5, 0.6) is 0 Å². The number of benzene rings is 2. The van der Waals surface area contributed by atoms with E-state index in [0.29, 0.717) is 32.4 Å². The molecule has 2 N–H and O–H groups in total. The maximum atomic E-state index is 14.4. The molecule has 2 fully saturated rings. The van der Waals surface area contributed by atoms with Crippen molar-refractivity contribution in [2.45, 2.75) is 75.7 Å². The van der Waals surface area contributed by atoms with E-state index in [0.717, 1.165) is 48.2 Å². The zero-order chi connectivity index (χ0) is 30.7. The van der Waals surface area contributed by atoms with Crippen molar-refractivity contribution in [1.82, 2.24) is 9.80 Å². The number of amides is 1. The van der Waals surface area contributed by atoms with E-state index in [9.17, 15) is 27.9 Å². The summed E-state index contributed by atoms with van der Waals surface area (Å²) in [5.74, 6) is -2.40. The molecule has 1 aliphatic carbocycles. The molecule has 3 unspecified atom stereocenters. The Kier molecular flexibility index (Phi) is 9.69. The predicted molar refractivity (Wildman–Crippen MR) is 155 cm³/mol. The van der Waals surface area contributed by atoms with Crippen LogP contribution in [0.15, 0.2) is 48.5 Å². The van der Waals surface area contributed by atoms with Crippen LogP contribution in [-0.2, 0) is 19.9 Å². The van der Waals surface area contributed by atoms with Crippen molar-refractivity contribution in [2.75, 3.05) is 39.1 Å². The fourth-order valence-electron chi connectivity index (χ4n) is 6.75. The van der Waals surface area contributed by atoms with Gasteiger partial charge in [-0.1, -0.05) is 61.4 Å². The van der Waals surface area contributed by atoms with Crippen molar-refractivity contribution >= 4 is 17.6 Å². The number of ether oxygens (including phenoxy) is 1. The Bertz CT molecular complexity index is 1230. The highest BCUT2D eigenvalue weighted by Gasteiger charge is 2.64. The second-order valence-corrected chi connectivity index (χ2v) is 12.0. The number of piperidine rings is 1. The second-order valence-electron chi connectivity index (χ2n) is 12.0. The molecule has 1 saturated heterocycles. The number of anilines is 1. The van der Waals surface area contributed by atoms with E-state index in [1.165, 1.54) is 18.2 Å². The number of hydrogen-bond donors (Lipinski definition) is 2. The topological polar surface area (TPSA) is 82.1 Å². The number of carbonyl (C=O) groups is 2. The van der Waals surface area contributed by atoms with Gasteiger partial charge in [-0.25, -0.2) is 4.79 Å². The highest BCUT2D eigenvalue weighted by Crippen LogP contribution is 2.44. The van der Waals surface area contributed by atoms with Crippen molar-refractivity contribution in [3.63, 3.8) is 0 Å². The van der Waals surface area contributed by atoms with Crippen molar-refractivity contribution in [3.8, 4) is 0 Å². The van der Waals surface area contributed by atoms with E-state index in [1.54, 1.807) is 0 Å². The van der Waals surface area contributed by atoms with Crippen LogP contribution < -0.4 is 5.32 Å². The number of carboxylic acid groups (broad SMARTS) is 1. The first-order valence-corrected chi connectivity index (χ1v) is 14.6. The summed E-state index contributed by atoms with van der Waals surface area (Å²) >= 11 is 0. The number of aryl methyl sites for hydroxylation is 2. The van der Waals surface area contributed by atoms with Crippen LogP contribution in [0.2, 0.25) is 0 Å². The van der Waals surface area contributed by atoms with Crippen molar-refractivity contribution in [2.24, 2.45) is 5.92 Å². The van der Waals surface area contributed by atoms with Gasteiger partial charge in [0.1, 0.15) is 5.54 Å². The van der Waals surface area contributed by atoms with Gasteiger partial charge in [-0.15, -0.1) is 0 Å². The smallest absolute Gasteiger partial charge is 0.432 e. The van der Waals surface area contributed by atoms with E-state index in [-0.39, 0.29) is 24.5 Å². The highest BCUT2D eigenvalue weighted by molar-refractivity contribution is 5.99. The molecule has 230 valence electrons. The highest BCUT2D eigenvalue weighted by atomic mass is 19.4. The molecule has 42 heavy (non-hydrogen) atoms. The number of carbonyl (C=O) groups excluding carboxylic acids is 1. The fraction of sp³-hybridized carbons (Fsp3) is 0.562. The summed E-state index contributed by atoms with van der Waals surface area (Å²) in [6, 6.07) is 12.4. The molecule has 1 saturated carbocycles. The third-order valence-electron chi connectivity index (χ3n) is 9.36. The fourth-order valence-corrected chi connectivity index (χ4v) is 6.75. The summed E-state index contributed by atoms with van der Waals surface area (Å²) in [5, 5.41) is 13.0. The molecule has 2 aromatic carbocycles. The SMILES string of the molecule is Cc1cccc(C)c1NC(=O)C1(N(C)C)CCN(C2CCCCC2COC(C(=O)O)(c2ccccc2)C(F)(F)F)CC1. The van der Waals surface area contributed by atoms with E-state index < -0.39 is 28.8 Å². The largest absolute Gasteiger partial charge is 0.479 e. The molecular weight excluding hydrogens is 547 g/mol. The number of alkyl halides is 3. The maximum Gasteiger partial charge on any atom is 0.432 e.